The van der Waals surface area contributed by atoms with Crippen LogP contribution in [0.3, 0.4) is 0 Å². The fourth-order valence-corrected chi connectivity index (χ4v) is 1.88. The van der Waals surface area contributed by atoms with E-state index in [1.54, 1.807) is 0 Å². The van der Waals surface area contributed by atoms with Gasteiger partial charge in [-0.1, -0.05) is 19.4 Å². The summed E-state index contributed by atoms with van der Waals surface area (Å²) in [7, 11) is 0. The Hall–Kier alpha value is -1.58. The highest BCUT2D eigenvalue weighted by Crippen LogP contribution is 2.09. The average Bonchev–Trinajstić information content (AvgIpc) is 2.33. The number of carbonyl (C=O) groups excluding carboxylic acids is 1. The number of aromatic nitrogens is 1. The highest BCUT2D eigenvalue weighted by atomic mass is 16.6. The first-order valence-electron chi connectivity index (χ1n) is 7.24. The van der Waals surface area contributed by atoms with Crippen LogP contribution in [0.2, 0.25) is 0 Å². The van der Waals surface area contributed by atoms with Crippen molar-refractivity contribution in [1.82, 2.24) is 4.98 Å². The standard InChI is InChI=1S/C16H25NO3/c1-5-6-7-13-10-8-12(15(19)17-13)9-11-14(18)20-16(2,3)4/h8,10H,5-7,9,11H2,1-4H3,(H,17,19). The Morgan fingerprint density at radius 3 is 2.50 bits per heavy atom. The van der Waals surface area contributed by atoms with Crippen LogP contribution < -0.4 is 5.56 Å². The molecule has 0 aliphatic carbocycles. The molecule has 1 aromatic heterocycles. The Labute approximate surface area is 120 Å². The van der Waals surface area contributed by atoms with E-state index in [4.69, 9.17) is 4.74 Å². The molecule has 20 heavy (non-hydrogen) atoms. The highest BCUT2D eigenvalue weighted by molar-refractivity contribution is 5.70. The van der Waals surface area contributed by atoms with Crippen molar-refractivity contribution >= 4 is 5.97 Å². The van der Waals surface area contributed by atoms with Gasteiger partial charge in [-0.15, -0.1) is 0 Å². The topological polar surface area (TPSA) is 59.2 Å². The van der Waals surface area contributed by atoms with Gasteiger partial charge in [0.05, 0.1) is 0 Å². The summed E-state index contributed by atoms with van der Waals surface area (Å²) in [5, 5.41) is 0. The third kappa shape index (κ3) is 6.04. The van der Waals surface area contributed by atoms with Gasteiger partial charge in [-0.25, -0.2) is 0 Å². The van der Waals surface area contributed by atoms with E-state index < -0.39 is 5.60 Å². The van der Waals surface area contributed by atoms with Gasteiger partial charge in [0.15, 0.2) is 0 Å². The predicted octanol–water partition coefficient (Wildman–Crippen LogP) is 2.99. The Bertz CT molecular complexity index is 497. The van der Waals surface area contributed by atoms with Gasteiger partial charge in [-0.3, -0.25) is 9.59 Å². The number of esters is 1. The number of hydrogen-bond acceptors (Lipinski definition) is 3. The lowest BCUT2D eigenvalue weighted by atomic mass is 10.1. The number of aryl methyl sites for hydroxylation is 2. The molecule has 0 aliphatic heterocycles. The van der Waals surface area contributed by atoms with Gasteiger partial charge in [-0.05, 0) is 46.1 Å². The molecule has 0 aliphatic rings. The second kappa shape index (κ2) is 7.27. The number of rotatable bonds is 6. The zero-order valence-corrected chi connectivity index (χ0v) is 12.9. The van der Waals surface area contributed by atoms with Crippen molar-refractivity contribution in [3.05, 3.63) is 33.7 Å². The summed E-state index contributed by atoms with van der Waals surface area (Å²) in [5.74, 6) is -0.271. The molecular formula is C16H25NO3. The molecule has 1 N–H and O–H groups in total. The van der Waals surface area contributed by atoms with Crippen LogP contribution in [0, 0.1) is 0 Å². The predicted molar refractivity (Wildman–Crippen MR) is 79.8 cm³/mol. The minimum Gasteiger partial charge on any atom is -0.460 e. The number of nitrogens with one attached hydrogen (secondary N) is 1. The maximum absolute atomic E-state index is 11.9. The quantitative estimate of drug-likeness (QED) is 0.814. The van der Waals surface area contributed by atoms with Gasteiger partial charge in [0.2, 0.25) is 0 Å². The van der Waals surface area contributed by atoms with E-state index in [1.807, 2.05) is 32.9 Å². The molecule has 0 atom stereocenters. The van der Waals surface area contributed by atoms with Crippen molar-refractivity contribution in [3.8, 4) is 0 Å². The van der Waals surface area contributed by atoms with E-state index in [9.17, 15) is 9.59 Å². The zero-order chi connectivity index (χ0) is 15.2. The lowest BCUT2D eigenvalue weighted by Crippen LogP contribution is -2.24. The van der Waals surface area contributed by atoms with Gasteiger partial charge in [0.25, 0.3) is 5.56 Å². The van der Waals surface area contributed by atoms with Crippen LogP contribution in [0.4, 0.5) is 0 Å². The number of carbonyl (C=O) groups is 1. The molecule has 4 nitrogen and oxygen atoms in total. The van der Waals surface area contributed by atoms with E-state index in [1.165, 1.54) is 0 Å². The van der Waals surface area contributed by atoms with Crippen molar-refractivity contribution in [3.63, 3.8) is 0 Å². The molecular weight excluding hydrogens is 254 g/mol. The fourth-order valence-electron chi connectivity index (χ4n) is 1.88. The van der Waals surface area contributed by atoms with Crippen LogP contribution >= 0.6 is 0 Å². The molecule has 4 heteroatoms. The number of ether oxygens (including phenoxy) is 1. The molecule has 0 aromatic carbocycles. The van der Waals surface area contributed by atoms with Gasteiger partial charge in [-0.2, -0.15) is 0 Å². The summed E-state index contributed by atoms with van der Waals surface area (Å²) in [4.78, 5) is 26.4. The molecule has 112 valence electrons. The van der Waals surface area contributed by atoms with E-state index in [0.29, 0.717) is 12.0 Å². The van der Waals surface area contributed by atoms with Gasteiger partial charge in [0.1, 0.15) is 5.60 Å². The van der Waals surface area contributed by atoms with Crippen LogP contribution in [0.15, 0.2) is 16.9 Å². The van der Waals surface area contributed by atoms with Crippen molar-refractivity contribution in [1.29, 1.82) is 0 Å². The minimum atomic E-state index is -0.479. The first-order valence-corrected chi connectivity index (χ1v) is 7.24. The third-order valence-corrected chi connectivity index (χ3v) is 2.87. The fraction of sp³-hybridized carbons (Fsp3) is 0.625. The summed E-state index contributed by atoms with van der Waals surface area (Å²) in [5.41, 5.74) is 1.02. The summed E-state index contributed by atoms with van der Waals surface area (Å²) >= 11 is 0. The Morgan fingerprint density at radius 2 is 1.95 bits per heavy atom. The molecule has 1 rings (SSSR count). The number of hydrogen-bond donors (Lipinski definition) is 1. The van der Waals surface area contributed by atoms with Crippen LogP contribution in [0.1, 0.15) is 58.2 Å². The Morgan fingerprint density at radius 1 is 1.25 bits per heavy atom. The third-order valence-electron chi connectivity index (χ3n) is 2.87. The molecule has 0 fully saturated rings. The van der Waals surface area contributed by atoms with Crippen LogP contribution in [0.5, 0.6) is 0 Å². The number of unbranched alkanes of at least 4 members (excludes halogenated alkanes) is 1. The van der Waals surface area contributed by atoms with Crippen molar-refractivity contribution in [2.75, 3.05) is 0 Å². The monoisotopic (exact) mass is 279 g/mol. The normalized spacial score (nSPS) is 11.4. The first kappa shape index (κ1) is 16.5. The maximum atomic E-state index is 11.9. The summed E-state index contributed by atoms with van der Waals surface area (Å²) < 4.78 is 5.22. The van der Waals surface area contributed by atoms with E-state index in [2.05, 4.69) is 11.9 Å². The molecule has 0 saturated heterocycles. The van der Waals surface area contributed by atoms with E-state index in [-0.39, 0.29) is 17.9 Å². The lowest BCUT2D eigenvalue weighted by molar-refractivity contribution is -0.154. The Balaban J connectivity index is 2.57. The Kier molecular flexibility index (Phi) is 5.99. The van der Waals surface area contributed by atoms with Gasteiger partial charge < -0.3 is 9.72 Å². The second-order valence-electron chi connectivity index (χ2n) is 6.03. The SMILES string of the molecule is CCCCc1ccc(CCC(=O)OC(C)(C)C)c(=O)[nH]1. The number of H-pyrrole nitrogens is 1. The van der Waals surface area contributed by atoms with Crippen LogP contribution in [-0.2, 0) is 22.4 Å². The van der Waals surface area contributed by atoms with E-state index >= 15 is 0 Å². The summed E-state index contributed by atoms with van der Waals surface area (Å²) in [6.07, 6.45) is 3.70. The molecule has 0 bridgehead atoms. The first-order chi connectivity index (χ1) is 9.31. The molecule has 1 aromatic rings. The average molecular weight is 279 g/mol. The molecule has 1 heterocycles. The summed E-state index contributed by atoms with van der Waals surface area (Å²) in [6, 6.07) is 3.75. The second-order valence-corrected chi connectivity index (χ2v) is 6.03. The van der Waals surface area contributed by atoms with Gasteiger partial charge in [0, 0.05) is 17.7 Å². The van der Waals surface area contributed by atoms with Crippen LogP contribution in [-0.4, -0.2) is 16.6 Å². The smallest absolute Gasteiger partial charge is 0.306 e. The minimum absolute atomic E-state index is 0.0952. The molecule has 0 spiro atoms. The van der Waals surface area contributed by atoms with Crippen molar-refractivity contribution < 1.29 is 9.53 Å². The summed E-state index contributed by atoms with van der Waals surface area (Å²) in [6.45, 7) is 7.62. The van der Waals surface area contributed by atoms with Crippen molar-refractivity contribution in [2.45, 2.75) is 65.4 Å². The number of pyridine rings is 1. The molecule has 0 amide bonds. The number of aromatic amines is 1. The molecule has 0 saturated carbocycles. The largest absolute Gasteiger partial charge is 0.460 e. The highest BCUT2D eigenvalue weighted by Gasteiger charge is 2.16. The van der Waals surface area contributed by atoms with Crippen LogP contribution in [0.25, 0.3) is 0 Å². The molecule has 0 radical (unpaired) electrons. The van der Waals surface area contributed by atoms with Gasteiger partial charge >= 0.3 is 5.97 Å². The lowest BCUT2D eigenvalue weighted by Gasteiger charge is -2.19. The maximum Gasteiger partial charge on any atom is 0.306 e. The molecule has 0 unspecified atom stereocenters. The van der Waals surface area contributed by atoms with E-state index in [0.717, 1.165) is 25.0 Å². The zero-order valence-electron chi connectivity index (χ0n) is 12.9. The van der Waals surface area contributed by atoms with Crippen molar-refractivity contribution in [2.24, 2.45) is 0 Å².